The fraction of sp³-hybridized carbons (Fsp3) is 0.111. The first-order valence-electron chi connectivity index (χ1n) is 7.37. The lowest BCUT2D eigenvalue weighted by Crippen LogP contribution is -2.12. The normalized spacial score (nSPS) is 13.0. The number of para-hydroxylation sites is 1. The van der Waals surface area contributed by atoms with Gasteiger partial charge in [-0.05, 0) is 31.2 Å². The quantitative estimate of drug-likeness (QED) is 0.736. The van der Waals surface area contributed by atoms with Crippen molar-refractivity contribution in [3.63, 3.8) is 0 Å². The molecule has 0 bridgehead atoms. The molecule has 114 valence electrons. The Kier molecular flexibility index (Phi) is 3.20. The van der Waals surface area contributed by atoms with E-state index in [0.29, 0.717) is 11.4 Å². The van der Waals surface area contributed by atoms with Gasteiger partial charge in [-0.2, -0.15) is 5.10 Å². The number of nitrogens with zero attached hydrogens (tertiary/aromatic N) is 2. The van der Waals surface area contributed by atoms with Gasteiger partial charge in [0.15, 0.2) is 0 Å². The highest BCUT2D eigenvalue weighted by Crippen LogP contribution is 2.36. The summed E-state index contributed by atoms with van der Waals surface area (Å²) in [6.07, 6.45) is 0.316. The van der Waals surface area contributed by atoms with Crippen LogP contribution in [0.15, 0.2) is 48.5 Å². The Hall–Kier alpha value is -2.59. The van der Waals surface area contributed by atoms with Crippen LogP contribution in [0.1, 0.15) is 11.3 Å². The van der Waals surface area contributed by atoms with E-state index in [1.54, 1.807) is 0 Å². The third-order valence-corrected chi connectivity index (χ3v) is 4.27. The highest BCUT2D eigenvalue weighted by Gasteiger charge is 2.25. The van der Waals surface area contributed by atoms with Crippen molar-refractivity contribution in [2.45, 2.75) is 13.3 Å². The number of carbonyl (C=O) groups is 1. The molecule has 1 amide bonds. The molecule has 1 aliphatic rings. The van der Waals surface area contributed by atoms with E-state index in [-0.39, 0.29) is 5.91 Å². The SMILES string of the molecule is Cc1nn(-c2cccc(Cl)c2)c2c1CC(=O)Nc1ccccc1-2. The van der Waals surface area contributed by atoms with Crippen molar-refractivity contribution in [2.24, 2.45) is 0 Å². The fourth-order valence-corrected chi connectivity index (χ4v) is 3.18. The number of amides is 1. The smallest absolute Gasteiger partial charge is 0.228 e. The Morgan fingerprint density at radius 3 is 2.83 bits per heavy atom. The van der Waals surface area contributed by atoms with Crippen LogP contribution in [0.5, 0.6) is 0 Å². The number of halogens is 1. The second kappa shape index (κ2) is 5.25. The highest BCUT2D eigenvalue weighted by molar-refractivity contribution is 6.30. The molecule has 0 fully saturated rings. The van der Waals surface area contributed by atoms with Gasteiger partial charge in [0.1, 0.15) is 0 Å². The molecule has 0 aliphatic carbocycles. The van der Waals surface area contributed by atoms with Crippen LogP contribution in [0.3, 0.4) is 0 Å². The van der Waals surface area contributed by atoms with Crippen molar-refractivity contribution in [2.75, 3.05) is 5.32 Å². The molecule has 0 atom stereocenters. The molecule has 23 heavy (non-hydrogen) atoms. The molecule has 4 rings (SSSR count). The van der Waals surface area contributed by atoms with Gasteiger partial charge in [0.25, 0.3) is 0 Å². The summed E-state index contributed by atoms with van der Waals surface area (Å²) in [6, 6.07) is 15.3. The second-order valence-corrected chi connectivity index (χ2v) is 6.01. The van der Waals surface area contributed by atoms with Crippen LogP contribution in [0.25, 0.3) is 16.9 Å². The van der Waals surface area contributed by atoms with E-state index in [0.717, 1.165) is 33.9 Å². The first-order valence-corrected chi connectivity index (χ1v) is 7.75. The minimum absolute atomic E-state index is 0.0232. The Morgan fingerprint density at radius 1 is 1.17 bits per heavy atom. The van der Waals surface area contributed by atoms with E-state index < -0.39 is 0 Å². The van der Waals surface area contributed by atoms with E-state index in [1.165, 1.54) is 0 Å². The maximum atomic E-state index is 12.2. The molecule has 0 saturated carbocycles. The lowest BCUT2D eigenvalue weighted by molar-refractivity contribution is -0.115. The van der Waals surface area contributed by atoms with Crippen LogP contribution in [0.2, 0.25) is 5.02 Å². The monoisotopic (exact) mass is 323 g/mol. The average molecular weight is 324 g/mol. The molecule has 2 heterocycles. The molecule has 5 heteroatoms. The highest BCUT2D eigenvalue weighted by atomic mass is 35.5. The number of carbonyl (C=O) groups excluding carboxylic acids is 1. The zero-order chi connectivity index (χ0) is 16.0. The summed E-state index contributed by atoms with van der Waals surface area (Å²) < 4.78 is 1.87. The average Bonchev–Trinajstić information content (AvgIpc) is 2.76. The van der Waals surface area contributed by atoms with E-state index in [2.05, 4.69) is 10.4 Å². The number of hydrogen-bond donors (Lipinski definition) is 1. The van der Waals surface area contributed by atoms with Gasteiger partial charge in [-0.15, -0.1) is 0 Å². The summed E-state index contributed by atoms with van der Waals surface area (Å²) in [6.45, 7) is 1.93. The molecular formula is C18H14ClN3O. The van der Waals surface area contributed by atoms with Gasteiger partial charge in [-0.3, -0.25) is 4.79 Å². The van der Waals surface area contributed by atoms with Crippen molar-refractivity contribution in [1.29, 1.82) is 0 Å². The summed E-state index contributed by atoms with van der Waals surface area (Å²) in [4.78, 5) is 12.2. The Labute approximate surface area is 138 Å². The lowest BCUT2D eigenvalue weighted by atomic mass is 10.0. The van der Waals surface area contributed by atoms with Gasteiger partial charge in [0.2, 0.25) is 5.91 Å². The van der Waals surface area contributed by atoms with E-state index in [9.17, 15) is 4.79 Å². The van der Waals surface area contributed by atoms with Crippen molar-refractivity contribution in [3.05, 3.63) is 64.8 Å². The number of nitrogens with one attached hydrogen (secondary N) is 1. The van der Waals surface area contributed by atoms with Gasteiger partial charge in [-0.25, -0.2) is 4.68 Å². The number of rotatable bonds is 1. The Balaban J connectivity index is 2.04. The number of aromatic nitrogens is 2. The molecular weight excluding hydrogens is 310 g/mol. The van der Waals surface area contributed by atoms with Crippen molar-refractivity contribution in [3.8, 4) is 16.9 Å². The second-order valence-electron chi connectivity index (χ2n) is 5.57. The minimum Gasteiger partial charge on any atom is -0.325 e. The predicted molar refractivity (Wildman–Crippen MR) is 91.1 cm³/mol. The zero-order valence-corrected chi connectivity index (χ0v) is 13.3. The third-order valence-electron chi connectivity index (χ3n) is 4.03. The maximum Gasteiger partial charge on any atom is 0.228 e. The summed E-state index contributed by atoms with van der Waals surface area (Å²) in [5.74, 6) is -0.0232. The lowest BCUT2D eigenvalue weighted by Gasteiger charge is -2.11. The van der Waals surface area contributed by atoms with Crippen LogP contribution < -0.4 is 5.32 Å². The summed E-state index contributed by atoms with van der Waals surface area (Å²) in [5.41, 5.74) is 5.40. The Morgan fingerprint density at radius 2 is 2.00 bits per heavy atom. The number of fused-ring (bicyclic) bond motifs is 3. The Bertz CT molecular complexity index is 930. The summed E-state index contributed by atoms with van der Waals surface area (Å²) in [5, 5.41) is 8.28. The fourth-order valence-electron chi connectivity index (χ4n) is 3.00. The number of aryl methyl sites for hydroxylation is 1. The predicted octanol–water partition coefficient (Wildman–Crippen LogP) is 4.00. The van der Waals surface area contributed by atoms with Crippen LogP contribution in [0.4, 0.5) is 5.69 Å². The van der Waals surface area contributed by atoms with Gasteiger partial charge >= 0.3 is 0 Å². The number of anilines is 1. The van der Waals surface area contributed by atoms with Crippen LogP contribution in [-0.2, 0) is 11.2 Å². The molecule has 3 aromatic rings. The third kappa shape index (κ3) is 2.32. The van der Waals surface area contributed by atoms with E-state index in [4.69, 9.17) is 11.6 Å². The van der Waals surface area contributed by atoms with Gasteiger partial charge in [-0.1, -0.05) is 35.9 Å². The van der Waals surface area contributed by atoms with Crippen LogP contribution in [-0.4, -0.2) is 15.7 Å². The molecule has 4 nitrogen and oxygen atoms in total. The standard InChI is InChI=1S/C18H14ClN3O/c1-11-15-10-17(23)20-16-8-3-2-7-14(16)18(15)22(21-11)13-6-4-5-12(19)9-13/h2-9H,10H2,1H3,(H,20,23). The van der Waals surface area contributed by atoms with Crippen LogP contribution >= 0.6 is 11.6 Å². The van der Waals surface area contributed by atoms with Gasteiger partial charge < -0.3 is 5.32 Å². The number of benzene rings is 2. The minimum atomic E-state index is -0.0232. The first kappa shape index (κ1) is 14.0. The van der Waals surface area contributed by atoms with Crippen molar-refractivity contribution < 1.29 is 4.79 Å². The van der Waals surface area contributed by atoms with Gasteiger partial charge in [0.05, 0.1) is 29.2 Å². The molecule has 1 aliphatic heterocycles. The molecule has 1 N–H and O–H groups in total. The summed E-state index contributed by atoms with van der Waals surface area (Å²) >= 11 is 6.13. The number of hydrogen-bond acceptors (Lipinski definition) is 2. The molecule has 2 aromatic carbocycles. The van der Waals surface area contributed by atoms with E-state index in [1.807, 2.05) is 60.1 Å². The molecule has 0 saturated heterocycles. The van der Waals surface area contributed by atoms with Crippen molar-refractivity contribution in [1.82, 2.24) is 9.78 Å². The maximum absolute atomic E-state index is 12.2. The molecule has 0 unspecified atom stereocenters. The topological polar surface area (TPSA) is 46.9 Å². The first-order chi connectivity index (χ1) is 11.1. The largest absolute Gasteiger partial charge is 0.325 e. The molecule has 1 aromatic heterocycles. The molecule has 0 radical (unpaired) electrons. The van der Waals surface area contributed by atoms with Gasteiger partial charge in [0, 0.05) is 16.1 Å². The van der Waals surface area contributed by atoms with E-state index >= 15 is 0 Å². The van der Waals surface area contributed by atoms with Crippen molar-refractivity contribution >= 4 is 23.2 Å². The summed E-state index contributed by atoms with van der Waals surface area (Å²) in [7, 11) is 0. The van der Waals surface area contributed by atoms with Crippen LogP contribution in [0, 0.1) is 6.92 Å². The molecule has 0 spiro atoms. The zero-order valence-electron chi connectivity index (χ0n) is 12.5.